The minimum Gasteiger partial charge on any atom is -0.497 e. The predicted octanol–water partition coefficient (Wildman–Crippen LogP) is 4.41. The van der Waals surface area contributed by atoms with Gasteiger partial charge in [0.15, 0.2) is 11.6 Å². The van der Waals surface area contributed by atoms with Gasteiger partial charge >= 0.3 is 0 Å². The van der Waals surface area contributed by atoms with Gasteiger partial charge in [-0.15, -0.1) is 0 Å². The fourth-order valence-corrected chi connectivity index (χ4v) is 3.22. The number of amides is 1. The molecule has 3 aromatic rings. The maximum absolute atomic E-state index is 12.5. The number of carbonyl (C=O) groups is 3. The van der Waals surface area contributed by atoms with Crippen molar-refractivity contribution >= 4 is 29.2 Å². The normalized spacial score (nSPS) is 12.5. The van der Waals surface area contributed by atoms with Gasteiger partial charge in [0.05, 0.1) is 12.7 Å². The maximum atomic E-state index is 12.5. The number of allylic oxidation sites excluding steroid dienone is 1. The SMILES string of the molecule is COc1ccc(C(=O)Nc2cccc(C=C3C(=O)c4ccccc4C3=O)c2)cc1. The smallest absolute Gasteiger partial charge is 0.255 e. The van der Waals surface area contributed by atoms with Gasteiger partial charge in [-0.05, 0) is 48.0 Å². The lowest BCUT2D eigenvalue weighted by molar-refractivity contribution is 0.0987. The van der Waals surface area contributed by atoms with Crippen molar-refractivity contribution in [3.8, 4) is 5.75 Å². The third-order valence-electron chi connectivity index (χ3n) is 4.71. The average molecular weight is 383 g/mol. The van der Waals surface area contributed by atoms with Gasteiger partial charge in [0.2, 0.25) is 0 Å². The number of nitrogens with one attached hydrogen (secondary N) is 1. The van der Waals surface area contributed by atoms with Gasteiger partial charge in [-0.3, -0.25) is 14.4 Å². The highest BCUT2D eigenvalue weighted by Gasteiger charge is 2.32. The highest BCUT2D eigenvalue weighted by molar-refractivity contribution is 6.41. The number of benzene rings is 3. The zero-order valence-corrected chi connectivity index (χ0v) is 15.6. The molecule has 0 radical (unpaired) electrons. The second kappa shape index (κ2) is 7.56. The number of anilines is 1. The number of carbonyl (C=O) groups excluding carboxylic acids is 3. The predicted molar refractivity (Wildman–Crippen MR) is 110 cm³/mol. The van der Waals surface area contributed by atoms with Crippen molar-refractivity contribution in [1.29, 1.82) is 0 Å². The highest BCUT2D eigenvalue weighted by atomic mass is 16.5. The molecular weight excluding hydrogens is 366 g/mol. The Balaban J connectivity index is 1.56. The molecule has 0 heterocycles. The molecule has 0 fully saturated rings. The molecule has 5 heteroatoms. The second-order valence-corrected chi connectivity index (χ2v) is 6.57. The van der Waals surface area contributed by atoms with Crippen molar-refractivity contribution in [2.45, 2.75) is 0 Å². The molecule has 1 aliphatic carbocycles. The number of rotatable bonds is 4. The van der Waals surface area contributed by atoms with Crippen LogP contribution in [-0.4, -0.2) is 24.6 Å². The van der Waals surface area contributed by atoms with Gasteiger partial charge < -0.3 is 10.1 Å². The van der Waals surface area contributed by atoms with Gasteiger partial charge in [0.1, 0.15) is 5.75 Å². The second-order valence-electron chi connectivity index (χ2n) is 6.57. The number of hydrogen-bond acceptors (Lipinski definition) is 4. The van der Waals surface area contributed by atoms with E-state index in [0.29, 0.717) is 33.7 Å². The van der Waals surface area contributed by atoms with Crippen LogP contribution >= 0.6 is 0 Å². The van der Waals surface area contributed by atoms with Crippen LogP contribution in [0, 0.1) is 0 Å². The number of fused-ring (bicyclic) bond motifs is 1. The number of ether oxygens (including phenoxy) is 1. The van der Waals surface area contributed by atoms with Gasteiger partial charge in [-0.1, -0.05) is 36.4 Å². The average Bonchev–Trinajstić information content (AvgIpc) is 2.99. The number of hydrogen-bond donors (Lipinski definition) is 1. The quantitative estimate of drug-likeness (QED) is 0.535. The summed E-state index contributed by atoms with van der Waals surface area (Å²) in [4.78, 5) is 37.5. The lowest BCUT2D eigenvalue weighted by atomic mass is 10.1. The van der Waals surface area contributed by atoms with Crippen LogP contribution in [0.25, 0.3) is 6.08 Å². The van der Waals surface area contributed by atoms with E-state index in [-0.39, 0.29) is 23.0 Å². The molecule has 0 saturated carbocycles. The Morgan fingerprint density at radius 1 is 0.862 bits per heavy atom. The Morgan fingerprint density at radius 3 is 2.14 bits per heavy atom. The maximum Gasteiger partial charge on any atom is 0.255 e. The van der Waals surface area contributed by atoms with Crippen molar-refractivity contribution in [2.75, 3.05) is 12.4 Å². The molecule has 0 aromatic heterocycles. The molecule has 142 valence electrons. The zero-order chi connectivity index (χ0) is 20.4. The van der Waals surface area contributed by atoms with E-state index >= 15 is 0 Å². The minimum absolute atomic E-state index is 0.129. The van der Waals surface area contributed by atoms with E-state index < -0.39 is 0 Å². The molecule has 0 saturated heterocycles. The van der Waals surface area contributed by atoms with E-state index in [2.05, 4.69) is 5.32 Å². The van der Waals surface area contributed by atoms with E-state index in [4.69, 9.17) is 4.74 Å². The van der Waals surface area contributed by atoms with E-state index in [9.17, 15) is 14.4 Å². The first kappa shape index (κ1) is 18.4. The van der Waals surface area contributed by atoms with E-state index in [1.807, 2.05) is 0 Å². The van der Waals surface area contributed by atoms with Crippen LogP contribution < -0.4 is 10.1 Å². The summed E-state index contributed by atoms with van der Waals surface area (Å²) >= 11 is 0. The molecule has 0 aliphatic heterocycles. The van der Waals surface area contributed by atoms with Crippen molar-refractivity contribution in [3.05, 3.63) is 101 Å². The fourth-order valence-electron chi connectivity index (χ4n) is 3.22. The molecule has 1 N–H and O–H groups in total. The van der Waals surface area contributed by atoms with Crippen LogP contribution in [0.3, 0.4) is 0 Å². The molecule has 1 amide bonds. The Kier molecular flexibility index (Phi) is 4.79. The topological polar surface area (TPSA) is 72.5 Å². The summed E-state index contributed by atoms with van der Waals surface area (Å²) in [7, 11) is 1.56. The molecule has 3 aromatic carbocycles. The number of ketones is 2. The van der Waals surface area contributed by atoms with Crippen molar-refractivity contribution in [1.82, 2.24) is 0 Å². The Labute approximate surface area is 167 Å². The van der Waals surface area contributed by atoms with E-state index in [1.165, 1.54) is 0 Å². The first-order chi connectivity index (χ1) is 14.1. The lowest BCUT2D eigenvalue weighted by Gasteiger charge is -2.07. The summed E-state index contributed by atoms with van der Waals surface area (Å²) in [5.41, 5.74) is 2.69. The molecule has 1 aliphatic rings. The lowest BCUT2D eigenvalue weighted by Crippen LogP contribution is -2.11. The van der Waals surface area contributed by atoms with E-state index in [1.54, 1.807) is 86.0 Å². The van der Waals surface area contributed by atoms with Crippen molar-refractivity contribution in [2.24, 2.45) is 0 Å². The monoisotopic (exact) mass is 383 g/mol. The van der Waals surface area contributed by atoms with Crippen LogP contribution in [0.4, 0.5) is 5.69 Å². The molecular formula is C24H17NO4. The van der Waals surface area contributed by atoms with Crippen LogP contribution in [0.2, 0.25) is 0 Å². The molecule has 0 bridgehead atoms. The van der Waals surface area contributed by atoms with Gasteiger partial charge in [0.25, 0.3) is 5.91 Å². The summed E-state index contributed by atoms with van der Waals surface area (Å²) in [6.45, 7) is 0. The first-order valence-electron chi connectivity index (χ1n) is 9.02. The molecule has 0 atom stereocenters. The number of Topliss-reactive ketones (excluding diaryl/α,β-unsaturated/α-hetero) is 2. The summed E-state index contributed by atoms with van der Waals surface area (Å²) in [6, 6.07) is 20.6. The minimum atomic E-state index is -0.279. The molecule has 0 spiro atoms. The molecule has 0 unspecified atom stereocenters. The number of methoxy groups -OCH3 is 1. The summed E-state index contributed by atoms with van der Waals surface area (Å²) in [6.07, 6.45) is 1.56. The summed E-state index contributed by atoms with van der Waals surface area (Å²) in [5, 5.41) is 2.82. The largest absolute Gasteiger partial charge is 0.497 e. The summed E-state index contributed by atoms with van der Waals surface area (Å²) in [5.74, 6) is -0.156. The Hall–Kier alpha value is -3.99. The Bertz CT molecular complexity index is 1120. The first-order valence-corrected chi connectivity index (χ1v) is 9.02. The third-order valence-corrected chi connectivity index (χ3v) is 4.71. The standard InChI is InChI=1S/C24H17NO4/c1-29-18-11-9-16(10-12-18)24(28)25-17-6-4-5-15(13-17)14-21-22(26)19-7-2-3-8-20(19)23(21)27/h2-14H,1H3,(H,25,28). The molecule has 29 heavy (non-hydrogen) atoms. The Morgan fingerprint density at radius 2 is 1.52 bits per heavy atom. The molecule has 4 rings (SSSR count). The third kappa shape index (κ3) is 3.58. The van der Waals surface area contributed by atoms with Crippen LogP contribution in [0.5, 0.6) is 5.75 Å². The van der Waals surface area contributed by atoms with Crippen LogP contribution in [0.1, 0.15) is 36.6 Å². The van der Waals surface area contributed by atoms with Gasteiger partial charge in [-0.25, -0.2) is 0 Å². The zero-order valence-electron chi connectivity index (χ0n) is 15.6. The fraction of sp³-hybridized carbons (Fsp3) is 0.0417. The van der Waals surface area contributed by atoms with E-state index in [0.717, 1.165) is 0 Å². The highest BCUT2D eigenvalue weighted by Crippen LogP contribution is 2.28. The van der Waals surface area contributed by atoms with Crippen molar-refractivity contribution in [3.63, 3.8) is 0 Å². The van der Waals surface area contributed by atoms with Gasteiger partial charge in [-0.2, -0.15) is 0 Å². The molecule has 5 nitrogen and oxygen atoms in total. The van der Waals surface area contributed by atoms with Crippen LogP contribution in [-0.2, 0) is 0 Å². The van der Waals surface area contributed by atoms with Crippen LogP contribution in [0.15, 0.2) is 78.4 Å². The van der Waals surface area contributed by atoms with Crippen molar-refractivity contribution < 1.29 is 19.1 Å². The van der Waals surface area contributed by atoms with Gasteiger partial charge in [0, 0.05) is 22.4 Å². The summed E-state index contributed by atoms with van der Waals surface area (Å²) < 4.78 is 5.09.